The number of β-amino-alcohol motifs (C(OH)–C–C–N with tert-alkyl or cyclic N) is 1. The number of likely N-dealkylation sites (tertiary alicyclic amines) is 1. The van der Waals surface area contributed by atoms with Gasteiger partial charge in [0.25, 0.3) is 11.4 Å². The van der Waals surface area contributed by atoms with E-state index in [1.54, 1.807) is 36.4 Å². The molecule has 0 spiro atoms. The number of carbonyl (C=O) groups excluding carboxylic acids is 9. The Bertz CT molecular complexity index is 3200. The van der Waals surface area contributed by atoms with Crippen molar-refractivity contribution in [2.24, 2.45) is 11.1 Å². The SMILES string of the molecule is C#Cc1ccc(CNC(=O)[C@@H]2C[C@@H](O)CN2C(=O)[C@@H](NC(=O)CCCc2cccc(OC[C@H](CCC(N)=O)NC(=O)[C@@H]3CC[C@@H]4CCN(C(C)=O)C[C@H](NC(=O)c5cc6cc(C(=O)P(=O)(O)O)ccc6[nH]5)C(=O)N43)c2C)C(C)(C)C)cc1. The minimum absolute atomic E-state index is 0.0433. The van der Waals surface area contributed by atoms with E-state index in [0.717, 1.165) is 16.7 Å². The molecule has 0 radical (unpaired) electrons. The third-order valence-electron chi connectivity index (χ3n) is 15.3. The Kier molecular flexibility index (Phi) is 19.8. The van der Waals surface area contributed by atoms with Crippen molar-refractivity contribution in [1.82, 2.24) is 41.0 Å². The van der Waals surface area contributed by atoms with Crippen LogP contribution in [0, 0.1) is 24.7 Å². The summed E-state index contributed by atoms with van der Waals surface area (Å²) in [6, 6.07) is 12.2. The standard InChI is InChI=1S/C58H72N9O14P/c1-7-35-14-16-36(17-15-35)29-60-53(73)47-28-42(69)30-66(47)56(76)51(58(4,5)6)64-50(71)13-9-11-37-10-8-12-48(33(37)2)81-32-40(19-23-49(59)70)61-54(74)46-22-20-41-24-25-65(34(3)68)31-45(55(75)67(41)46)63-52(72)44-27-39-26-38(18-21-43(39)62-44)57(77)82(78,79)80/h1,8,10,12,14-18,21,26-27,40-42,45-47,51,62,69H,9,11,13,19-20,22-25,28-32H2,2-6H3,(H2,59,70)(H,60,73)(H,61,74)(H,63,72)(H,64,71)(H2,78,79,80)/t40-,41+,42+,45-,46-,47-,51+/m0/s1. The number of primary amides is 1. The normalized spacial score (nSPS) is 19.9. The molecule has 82 heavy (non-hydrogen) atoms. The van der Waals surface area contributed by atoms with Gasteiger partial charge in [-0.15, -0.1) is 6.42 Å². The molecule has 3 aliphatic rings. The first-order valence-corrected chi connectivity index (χ1v) is 28.9. The Morgan fingerprint density at radius 2 is 1.66 bits per heavy atom. The third-order valence-corrected chi connectivity index (χ3v) is 16.0. The van der Waals surface area contributed by atoms with Crippen LogP contribution in [0.5, 0.6) is 5.75 Å². The predicted molar refractivity (Wildman–Crippen MR) is 300 cm³/mol. The average molecular weight is 1150 g/mol. The minimum atomic E-state index is -5.09. The Morgan fingerprint density at radius 3 is 2.33 bits per heavy atom. The highest BCUT2D eigenvalue weighted by molar-refractivity contribution is 7.70. The number of fused-ring (bicyclic) bond motifs is 2. The molecule has 3 fully saturated rings. The quantitative estimate of drug-likeness (QED) is 0.0428. The van der Waals surface area contributed by atoms with E-state index in [1.807, 2.05) is 33.8 Å². The van der Waals surface area contributed by atoms with Crippen LogP contribution in [0.3, 0.4) is 0 Å². The lowest BCUT2D eigenvalue weighted by Gasteiger charge is -2.38. The number of aromatic amines is 1. The molecule has 0 unspecified atom stereocenters. The number of H-pyrrole nitrogens is 1. The molecule has 3 aliphatic heterocycles. The highest BCUT2D eigenvalue weighted by atomic mass is 31.2. The molecule has 1 aromatic heterocycles. The Labute approximate surface area is 475 Å². The molecule has 7 rings (SSSR count). The zero-order valence-electron chi connectivity index (χ0n) is 46.6. The van der Waals surface area contributed by atoms with E-state index in [2.05, 4.69) is 32.2 Å². The number of nitrogens with one attached hydrogen (secondary N) is 5. The number of ether oxygens (including phenoxy) is 1. The summed E-state index contributed by atoms with van der Waals surface area (Å²) in [5.41, 5.74) is 6.57. The molecule has 438 valence electrons. The van der Waals surface area contributed by atoms with Crippen LogP contribution < -0.4 is 31.7 Å². The van der Waals surface area contributed by atoms with Crippen LogP contribution in [0.15, 0.2) is 66.7 Å². The lowest BCUT2D eigenvalue weighted by molar-refractivity contribution is -0.145. The summed E-state index contributed by atoms with van der Waals surface area (Å²) < 4.78 is 17.9. The van der Waals surface area contributed by atoms with Crippen LogP contribution >= 0.6 is 7.60 Å². The summed E-state index contributed by atoms with van der Waals surface area (Å²) in [4.78, 5) is 147. The fraction of sp³-hybridized carbons (Fsp3) is 0.466. The number of aliphatic hydroxyl groups is 1. The summed E-state index contributed by atoms with van der Waals surface area (Å²) in [5, 5.41) is 22.3. The third kappa shape index (κ3) is 15.3. The number of hydrogen-bond donors (Lipinski definition) is 9. The van der Waals surface area contributed by atoms with Crippen LogP contribution in [0.1, 0.15) is 122 Å². The zero-order valence-corrected chi connectivity index (χ0v) is 47.5. The van der Waals surface area contributed by atoms with Gasteiger partial charge in [0, 0.05) is 80.4 Å². The molecule has 8 amide bonds. The van der Waals surface area contributed by atoms with E-state index in [-0.39, 0.29) is 93.3 Å². The second-order valence-electron chi connectivity index (χ2n) is 22.3. The predicted octanol–water partition coefficient (Wildman–Crippen LogP) is 2.45. The van der Waals surface area contributed by atoms with Gasteiger partial charge >= 0.3 is 7.60 Å². The maximum Gasteiger partial charge on any atom is 0.396 e. The number of nitrogens with zero attached hydrogens (tertiary/aromatic N) is 3. The molecular weight excluding hydrogens is 1080 g/mol. The van der Waals surface area contributed by atoms with E-state index < -0.39 is 96.3 Å². The van der Waals surface area contributed by atoms with Gasteiger partial charge in [-0.2, -0.15) is 0 Å². The fourth-order valence-corrected chi connectivity index (χ4v) is 11.2. The number of nitrogens with two attached hydrogens (primary N) is 1. The topological polar surface area (TPSA) is 340 Å². The number of amides is 8. The fourth-order valence-electron chi connectivity index (χ4n) is 10.7. The van der Waals surface area contributed by atoms with Gasteiger partial charge in [-0.05, 0) is 110 Å². The Morgan fingerprint density at radius 1 is 0.927 bits per heavy atom. The van der Waals surface area contributed by atoms with Crippen molar-refractivity contribution in [3.8, 4) is 18.1 Å². The van der Waals surface area contributed by atoms with Crippen LogP contribution in [0.25, 0.3) is 10.9 Å². The van der Waals surface area contributed by atoms with Crippen molar-refractivity contribution >= 4 is 71.3 Å². The monoisotopic (exact) mass is 1150 g/mol. The molecule has 0 bridgehead atoms. The summed E-state index contributed by atoms with van der Waals surface area (Å²) >= 11 is 0. The second kappa shape index (κ2) is 26.3. The lowest BCUT2D eigenvalue weighted by atomic mass is 9.85. The average Bonchev–Trinajstić information content (AvgIpc) is 3.93. The van der Waals surface area contributed by atoms with Gasteiger partial charge in [0.1, 0.15) is 42.2 Å². The van der Waals surface area contributed by atoms with Crippen LogP contribution in [-0.2, 0) is 51.1 Å². The number of terminal acetylenes is 1. The van der Waals surface area contributed by atoms with E-state index >= 15 is 0 Å². The summed E-state index contributed by atoms with van der Waals surface area (Å²) in [6.45, 7) is 8.67. The number of rotatable bonds is 21. The van der Waals surface area contributed by atoms with Crippen molar-refractivity contribution < 1.29 is 67.3 Å². The Balaban J connectivity index is 0.963. The number of hydrogen-bond acceptors (Lipinski definition) is 12. The smallest absolute Gasteiger partial charge is 0.396 e. The summed E-state index contributed by atoms with van der Waals surface area (Å²) in [7, 11) is -5.09. The lowest BCUT2D eigenvalue weighted by Crippen LogP contribution is -2.61. The number of aliphatic hydroxyl groups excluding tert-OH is 1. The maximum atomic E-state index is 14.6. The highest BCUT2D eigenvalue weighted by Gasteiger charge is 2.47. The number of benzene rings is 3. The molecule has 4 aromatic rings. The van der Waals surface area contributed by atoms with Crippen molar-refractivity contribution in [2.75, 3.05) is 26.2 Å². The first-order valence-electron chi connectivity index (χ1n) is 27.2. The molecule has 23 nitrogen and oxygen atoms in total. The van der Waals surface area contributed by atoms with Crippen LogP contribution in [0.4, 0.5) is 0 Å². The summed E-state index contributed by atoms with van der Waals surface area (Å²) in [6.07, 6.45) is 6.48. The van der Waals surface area contributed by atoms with Gasteiger partial charge in [0.15, 0.2) is 0 Å². The second-order valence-corrected chi connectivity index (χ2v) is 23.8. The minimum Gasteiger partial charge on any atom is -0.491 e. The molecule has 4 heterocycles. The Hall–Kier alpha value is -7.90. The maximum absolute atomic E-state index is 14.6. The molecule has 24 heteroatoms. The van der Waals surface area contributed by atoms with Crippen molar-refractivity contribution in [3.05, 3.63) is 100 Å². The molecule has 10 N–H and O–H groups in total. The van der Waals surface area contributed by atoms with Gasteiger partial charge in [-0.25, -0.2) is 0 Å². The molecular formula is C58H72N9O14P. The highest BCUT2D eigenvalue weighted by Crippen LogP contribution is 2.40. The molecule has 7 atom stereocenters. The van der Waals surface area contributed by atoms with E-state index in [0.29, 0.717) is 42.5 Å². The van der Waals surface area contributed by atoms with E-state index in [9.17, 15) is 62.6 Å². The van der Waals surface area contributed by atoms with Crippen LogP contribution in [-0.4, -0.2) is 156 Å². The van der Waals surface area contributed by atoms with E-state index in [4.69, 9.17) is 16.9 Å². The van der Waals surface area contributed by atoms with Gasteiger partial charge in [0.2, 0.25) is 41.4 Å². The van der Waals surface area contributed by atoms with Gasteiger partial charge in [-0.3, -0.25) is 47.7 Å². The first-order chi connectivity index (χ1) is 38.7. The summed E-state index contributed by atoms with van der Waals surface area (Å²) in [5.74, 6) is -1.10. The van der Waals surface area contributed by atoms with E-state index in [1.165, 1.54) is 45.9 Å². The molecule has 0 saturated carbocycles. The number of aromatic nitrogens is 1. The van der Waals surface area contributed by atoms with Crippen molar-refractivity contribution in [3.63, 3.8) is 0 Å². The molecule has 3 aromatic carbocycles. The van der Waals surface area contributed by atoms with Gasteiger partial charge < -0.3 is 66.3 Å². The van der Waals surface area contributed by atoms with Gasteiger partial charge in [-0.1, -0.05) is 51.0 Å². The zero-order chi connectivity index (χ0) is 59.8. The van der Waals surface area contributed by atoms with Crippen LogP contribution in [0.2, 0.25) is 0 Å². The van der Waals surface area contributed by atoms with Gasteiger partial charge in [0.05, 0.1) is 12.1 Å². The largest absolute Gasteiger partial charge is 0.491 e. The molecule has 3 saturated heterocycles. The number of aryl methyl sites for hydroxylation is 1. The number of carbonyl (C=O) groups is 9. The van der Waals surface area contributed by atoms with Crippen molar-refractivity contribution in [2.45, 2.75) is 141 Å². The first kappa shape index (κ1) is 61.7. The molecule has 0 aliphatic carbocycles. The van der Waals surface area contributed by atoms with Crippen molar-refractivity contribution in [1.29, 1.82) is 0 Å².